The first-order valence-corrected chi connectivity index (χ1v) is 10.8. The smallest absolute Gasteiger partial charge is 0.433 e. The van der Waals surface area contributed by atoms with Crippen molar-refractivity contribution in [2.45, 2.75) is 19.0 Å². The Morgan fingerprint density at radius 1 is 1.12 bits per heavy atom. The minimum Gasteiger partial charge on any atom is -0.497 e. The molecule has 0 amide bonds. The summed E-state index contributed by atoms with van der Waals surface area (Å²) in [6.07, 6.45) is -1.68. The molecule has 2 aromatic heterocycles. The lowest BCUT2D eigenvalue weighted by atomic mass is 10.0. The molecule has 0 unspecified atom stereocenters. The Morgan fingerprint density at radius 2 is 1.88 bits per heavy atom. The van der Waals surface area contributed by atoms with Gasteiger partial charge in [0.15, 0.2) is 17.1 Å². The number of methoxy groups -OCH3 is 1. The summed E-state index contributed by atoms with van der Waals surface area (Å²) in [5.74, 6) is 0.238. The number of fused-ring (bicyclic) bond motifs is 2. The molecule has 0 radical (unpaired) electrons. The fourth-order valence-corrected chi connectivity index (χ4v) is 4.31. The summed E-state index contributed by atoms with van der Waals surface area (Å²) < 4.78 is 47.5. The van der Waals surface area contributed by atoms with Crippen LogP contribution >= 0.6 is 0 Å². The van der Waals surface area contributed by atoms with E-state index in [4.69, 9.17) is 4.74 Å². The van der Waals surface area contributed by atoms with Crippen molar-refractivity contribution in [2.75, 3.05) is 25.1 Å². The van der Waals surface area contributed by atoms with Crippen molar-refractivity contribution in [2.24, 2.45) is 0 Å². The van der Waals surface area contributed by atoms with Crippen LogP contribution in [-0.4, -0.2) is 40.6 Å². The number of hydrogen-bond acceptors (Lipinski definition) is 5. The number of anilines is 1. The number of Topliss-reactive ketones (excluding diaryl/α,β-unsaturated/α-hetero) is 1. The Balaban J connectivity index is 1.56. The molecule has 1 aliphatic heterocycles. The van der Waals surface area contributed by atoms with Crippen molar-refractivity contribution in [3.63, 3.8) is 0 Å². The van der Waals surface area contributed by atoms with E-state index in [0.717, 1.165) is 30.2 Å². The van der Waals surface area contributed by atoms with E-state index < -0.39 is 11.9 Å². The van der Waals surface area contributed by atoms with Gasteiger partial charge in [0.2, 0.25) is 0 Å². The molecule has 5 rings (SSSR count). The van der Waals surface area contributed by atoms with E-state index in [1.54, 1.807) is 24.3 Å². The quantitative estimate of drug-likeness (QED) is 0.385. The molecule has 0 bridgehead atoms. The summed E-state index contributed by atoms with van der Waals surface area (Å²) in [5.41, 5.74) is 1.64. The standard InChI is InChI=1S/C25H21F3N4O2/c1-34-18-10-8-16(9-11-18)20-13-23(25(26,27)28)32-24(30-20)19(14-29-32)22(33)15-31-12-4-6-17-5-2-3-7-21(17)31/h2-3,5,7-11,13-14H,4,6,12,15H2,1H3. The second kappa shape index (κ2) is 8.48. The van der Waals surface area contributed by atoms with Crippen molar-refractivity contribution in [1.29, 1.82) is 0 Å². The molecule has 6 nitrogen and oxygen atoms in total. The average Bonchev–Trinajstić information content (AvgIpc) is 3.27. The maximum absolute atomic E-state index is 13.9. The summed E-state index contributed by atoms with van der Waals surface area (Å²) in [5, 5.41) is 3.88. The minimum absolute atomic E-state index is 0.0359. The predicted octanol–water partition coefficient (Wildman–Crippen LogP) is 5.06. The minimum atomic E-state index is -4.68. The van der Waals surface area contributed by atoms with Crippen LogP contribution in [0.1, 0.15) is 28.0 Å². The average molecular weight is 466 g/mol. The van der Waals surface area contributed by atoms with Gasteiger partial charge < -0.3 is 9.64 Å². The number of hydrogen-bond donors (Lipinski definition) is 0. The molecule has 0 N–H and O–H groups in total. The normalized spacial score (nSPS) is 13.7. The number of benzene rings is 2. The van der Waals surface area contributed by atoms with Gasteiger partial charge in [0, 0.05) is 17.8 Å². The van der Waals surface area contributed by atoms with Crippen molar-refractivity contribution >= 4 is 17.1 Å². The lowest BCUT2D eigenvalue weighted by molar-refractivity contribution is -0.142. The number of ketones is 1. The highest BCUT2D eigenvalue weighted by Crippen LogP contribution is 2.33. The number of carbonyl (C=O) groups is 1. The SMILES string of the molecule is COc1ccc(-c2cc(C(F)(F)F)n3ncc(C(=O)CN4CCCc5ccccc54)c3n2)cc1. The van der Waals surface area contributed by atoms with Crippen LogP contribution in [0.3, 0.4) is 0 Å². The molecule has 9 heteroatoms. The van der Waals surface area contributed by atoms with Crippen LogP contribution in [0.2, 0.25) is 0 Å². The number of aryl methyl sites for hydroxylation is 1. The van der Waals surface area contributed by atoms with Gasteiger partial charge in [0.05, 0.1) is 31.1 Å². The van der Waals surface area contributed by atoms with Gasteiger partial charge in [-0.2, -0.15) is 18.3 Å². The van der Waals surface area contributed by atoms with Gasteiger partial charge in [0.25, 0.3) is 0 Å². The van der Waals surface area contributed by atoms with Crippen molar-refractivity contribution in [3.8, 4) is 17.0 Å². The Morgan fingerprint density at radius 3 is 2.62 bits per heavy atom. The number of nitrogens with zero attached hydrogens (tertiary/aromatic N) is 4. The summed E-state index contributed by atoms with van der Waals surface area (Å²) >= 11 is 0. The van der Waals surface area contributed by atoms with Crippen molar-refractivity contribution in [3.05, 3.63) is 77.6 Å². The van der Waals surface area contributed by atoms with Gasteiger partial charge in [-0.1, -0.05) is 18.2 Å². The van der Waals surface area contributed by atoms with Crippen LogP contribution in [0.5, 0.6) is 5.75 Å². The zero-order valence-electron chi connectivity index (χ0n) is 18.3. The zero-order chi connectivity index (χ0) is 23.9. The Bertz CT molecular complexity index is 1360. The van der Waals surface area contributed by atoms with Gasteiger partial charge in [-0.25, -0.2) is 9.50 Å². The molecule has 0 saturated carbocycles. The first-order chi connectivity index (χ1) is 16.3. The van der Waals surface area contributed by atoms with Crippen LogP contribution in [0.4, 0.5) is 18.9 Å². The van der Waals surface area contributed by atoms with Crippen molar-refractivity contribution in [1.82, 2.24) is 14.6 Å². The van der Waals surface area contributed by atoms with E-state index in [2.05, 4.69) is 10.1 Å². The van der Waals surface area contributed by atoms with Crippen LogP contribution in [0.15, 0.2) is 60.8 Å². The predicted molar refractivity (Wildman–Crippen MR) is 121 cm³/mol. The fourth-order valence-electron chi connectivity index (χ4n) is 4.31. The van der Waals surface area contributed by atoms with Crippen molar-refractivity contribution < 1.29 is 22.7 Å². The maximum atomic E-state index is 13.9. The summed E-state index contributed by atoms with van der Waals surface area (Å²) in [6.45, 7) is 0.731. The molecule has 2 aromatic carbocycles. The van der Waals surface area contributed by atoms with Gasteiger partial charge in [0.1, 0.15) is 5.75 Å². The monoisotopic (exact) mass is 466 g/mol. The molecular weight excluding hydrogens is 445 g/mol. The molecule has 0 fully saturated rings. The van der Waals surface area contributed by atoms with E-state index in [9.17, 15) is 18.0 Å². The third-order valence-electron chi connectivity index (χ3n) is 5.99. The number of ether oxygens (including phenoxy) is 1. The van der Waals surface area contributed by atoms with Crippen LogP contribution in [0, 0.1) is 0 Å². The van der Waals surface area contributed by atoms with Crippen LogP contribution in [-0.2, 0) is 12.6 Å². The van der Waals surface area contributed by atoms with E-state index in [0.29, 0.717) is 22.4 Å². The molecular formula is C25H21F3N4O2. The molecule has 0 spiro atoms. The van der Waals surface area contributed by atoms with E-state index in [1.807, 2.05) is 29.2 Å². The second-order valence-electron chi connectivity index (χ2n) is 8.12. The largest absolute Gasteiger partial charge is 0.497 e. The maximum Gasteiger partial charge on any atom is 0.433 e. The van der Waals surface area contributed by atoms with E-state index in [1.165, 1.54) is 13.3 Å². The first-order valence-electron chi connectivity index (χ1n) is 10.8. The van der Waals surface area contributed by atoms with Gasteiger partial charge in [-0.05, 0) is 54.8 Å². The molecule has 0 atom stereocenters. The number of para-hydroxylation sites is 1. The molecule has 174 valence electrons. The van der Waals surface area contributed by atoms with Crippen LogP contribution in [0.25, 0.3) is 16.9 Å². The number of carbonyl (C=O) groups excluding carboxylic acids is 1. The van der Waals surface area contributed by atoms with E-state index in [-0.39, 0.29) is 29.2 Å². The first kappa shape index (κ1) is 21.9. The number of rotatable bonds is 5. The Labute approximate surface area is 193 Å². The molecule has 1 aliphatic rings. The Kier molecular flexibility index (Phi) is 5.47. The number of halogens is 3. The summed E-state index contributed by atoms with van der Waals surface area (Å²) in [6, 6.07) is 15.3. The van der Waals surface area contributed by atoms with Crippen LogP contribution < -0.4 is 9.64 Å². The highest BCUT2D eigenvalue weighted by atomic mass is 19.4. The van der Waals surface area contributed by atoms with Gasteiger partial charge in [-0.15, -0.1) is 0 Å². The molecule has 34 heavy (non-hydrogen) atoms. The molecule has 0 aliphatic carbocycles. The van der Waals surface area contributed by atoms with Gasteiger partial charge in [-0.3, -0.25) is 4.79 Å². The lowest BCUT2D eigenvalue weighted by Gasteiger charge is -2.30. The highest BCUT2D eigenvalue weighted by Gasteiger charge is 2.36. The third-order valence-corrected chi connectivity index (χ3v) is 5.99. The summed E-state index contributed by atoms with van der Waals surface area (Å²) in [7, 11) is 1.51. The number of alkyl halides is 3. The topological polar surface area (TPSA) is 59.7 Å². The Hall–Kier alpha value is -3.88. The fraction of sp³-hybridized carbons (Fsp3) is 0.240. The molecule has 0 saturated heterocycles. The van der Waals surface area contributed by atoms with E-state index >= 15 is 0 Å². The summed E-state index contributed by atoms with van der Waals surface area (Å²) in [4.78, 5) is 19.6. The highest BCUT2D eigenvalue weighted by molar-refractivity contribution is 6.04. The second-order valence-corrected chi connectivity index (χ2v) is 8.12. The molecule has 3 heterocycles. The number of aromatic nitrogens is 3. The molecule has 4 aromatic rings. The third kappa shape index (κ3) is 3.98. The zero-order valence-corrected chi connectivity index (χ0v) is 18.3. The lowest BCUT2D eigenvalue weighted by Crippen LogP contribution is -2.34. The van der Waals surface area contributed by atoms with Gasteiger partial charge >= 0.3 is 6.18 Å².